The van der Waals surface area contributed by atoms with Gasteiger partial charge in [0, 0.05) is 64.1 Å². The van der Waals surface area contributed by atoms with Gasteiger partial charge in [0.25, 0.3) is 0 Å². The number of benzene rings is 8. The summed E-state index contributed by atoms with van der Waals surface area (Å²) in [5, 5.41) is 7.02. The van der Waals surface area contributed by atoms with E-state index in [1.54, 1.807) is 0 Å². The first kappa shape index (κ1) is 31.9. The Balaban J connectivity index is 1.03. The maximum Gasteiger partial charge on any atom is 0.166 e. The zero-order valence-corrected chi connectivity index (χ0v) is 31.2. The van der Waals surface area contributed by atoms with E-state index < -0.39 is 0 Å². The van der Waals surface area contributed by atoms with E-state index in [9.17, 15) is 0 Å². The molecular weight excluding hydrogens is 717 g/mol. The molecule has 0 N–H and O–H groups in total. The van der Waals surface area contributed by atoms with Crippen molar-refractivity contribution in [1.29, 1.82) is 0 Å². The van der Waals surface area contributed by atoms with Crippen LogP contribution in [-0.4, -0.2) is 19.5 Å². The molecule has 0 radical (unpaired) electrons. The molecule has 5 nitrogen and oxygen atoms in total. The molecule has 266 valence electrons. The van der Waals surface area contributed by atoms with Gasteiger partial charge in [-0.05, 0) is 65.7 Å². The number of rotatable bonds is 5. The second-order valence-electron chi connectivity index (χ2n) is 14.4. The van der Waals surface area contributed by atoms with Crippen molar-refractivity contribution in [2.45, 2.75) is 0 Å². The highest BCUT2D eigenvalue weighted by Crippen LogP contribution is 2.42. The zero-order valence-electron chi connectivity index (χ0n) is 30.4. The van der Waals surface area contributed by atoms with Crippen LogP contribution < -0.4 is 0 Å². The van der Waals surface area contributed by atoms with Crippen LogP contribution in [0.15, 0.2) is 186 Å². The van der Waals surface area contributed by atoms with Crippen LogP contribution in [0.4, 0.5) is 0 Å². The van der Waals surface area contributed by atoms with Gasteiger partial charge in [0.15, 0.2) is 17.5 Å². The largest absolute Gasteiger partial charge is 0.456 e. The Labute approximate surface area is 330 Å². The van der Waals surface area contributed by atoms with Gasteiger partial charge in [-0.3, -0.25) is 0 Å². The Hall–Kier alpha value is -7.41. The normalized spacial score (nSPS) is 11.9. The molecule has 0 unspecified atom stereocenters. The molecule has 0 aliphatic rings. The van der Waals surface area contributed by atoms with E-state index >= 15 is 0 Å². The van der Waals surface area contributed by atoms with Gasteiger partial charge < -0.3 is 8.98 Å². The molecule has 6 heteroatoms. The van der Waals surface area contributed by atoms with Crippen molar-refractivity contribution in [3.63, 3.8) is 0 Å². The summed E-state index contributed by atoms with van der Waals surface area (Å²) in [7, 11) is 0. The van der Waals surface area contributed by atoms with Gasteiger partial charge in [-0.25, -0.2) is 15.0 Å². The highest BCUT2D eigenvalue weighted by molar-refractivity contribution is 7.26. The van der Waals surface area contributed by atoms with Crippen molar-refractivity contribution < 1.29 is 4.42 Å². The number of aromatic nitrogens is 4. The third-order valence-corrected chi connectivity index (χ3v) is 12.3. The van der Waals surface area contributed by atoms with Gasteiger partial charge in [0.2, 0.25) is 0 Å². The van der Waals surface area contributed by atoms with Crippen LogP contribution in [0.2, 0.25) is 0 Å². The molecule has 57 heavy (non-hydrogen) atoms. The molecule has 4 aromatic heterocycles. The average Bonchev–Trinajstić information content (AvgIpc) is 3.96. The number of thiophene rings is 1. The van der Waals surface area contributed by atoms with Gasteiger partial charge in [-0.1, -0.05) is 127 Å². The summed E-state index contributed by atoms with van der Waals surface area (Å²) >= 11 is 1.84. The van der Waals surface area contributed by atoms with Gasteiger partial charge in [0.1, 0.15) is 11.2 Å². The number of fused-ring (bicyclic) bond motifs is 9. The van der Waals surface area contributed by atoms with Crippen LogP contribution in [0.5, 0.6) is 0 Å². The van der Waals surface area contributed by atoms with E-state index in [2.05, 4.69) is 150 Å². The molecule has 0 amide bonds. The van der Waals surface area contributed by atoms with Gasteiger partial charge in [-0.15, -0.1) is 11.3 Å². The van der Waals surface area contributed by atoms with E-state index in [1.165, 1.54) is 31.1 Å². The fourth-order valence-corrected chi connectivity index (χ4v) is 9.68. The summed E-state index contributed by atoms with van der Waals surface area (Å²) in [4.78, 5) is 15.5. The van der Waals surface area contributed by atoms with Gasteiger partial charge in [-0.2, -0.15) is 0 Å². The number of furan rings is 1. The maximum atomic E-state index is 6.66. The minimum atomic E-state index is 0.581. The number of para-hydroxylation sites is 3. The van der Waals surface area contributed by atoms with Crippen molar-refractivity contribution in [3.8, 4) is 51.0 Å². The lowest BCUT2D eigenvalue weighted by molar-refractivity contribution is 0.669. The van der Waals surface area contributed by atoms with E-state index in [0.717, 1.165) is 66.3 Å². The maximum absolute atomic E-state index is 6.66. The second kappa shape index (κ2) is 12.6. The molecular formula is C51H30N4OS. The molecule has 12 rings (SSSR count). The SMILES string of the molecule is c1ccc(-c2nc(-c3ccc4c(c3)oc3cc(-c5cccc6c5sc5ccccc56)ccc34)nc(-c3cccc4c5ccccc5n(-c5ccccc5)c34)n2)cc1. The molecule has 0 aliphatic carbocycles. The fraction of sp³-hybridized carbons (Fsp3) is 0. The lowest BCUT2D eigenvalue weighted by Gasteiger charge is -2.12. The summed E-state index contributed by atoms with van der Waals surface area (Å²) < 4.78 is 11.6. The Morgan fingerprint density at radius 1 is 0.404 bits per heavy atom. The van der Waals surface area contributed by atoms with Crippen LogP contribution in [0.25, 0.3) is 115 Å². The Morgan fingerprint density at radius 3 is 1.81 bits per heavy atom. The van der Waals surface area contributed by atoms with Gasteiger partial charge in [0.05, 0.1) is 11.0 Å². The van der Waals surface area contributed by atoms with Crippen LogP contribution >= 0.6 is 11.3 Å². The van der Waals surface area contributed by atoms with Crippen LogP contribution in [0.1, 0.15) is 0 Å². The third-order valence-electron chi connectivity index (χ3n) is 11.1. The van der Waals surface area contributed by atoms with Crippen molar-refractivity contribution in [1.82, 2.24) is 19.5 Å². The number of hydrogen-bond donors (Lipinski definition) is 0. The summed E-state index contributed by atoms with van der Waals surface area (Å²) in [6.07, 6.45) is 0. The minimum Gasteiger partial charge on any atom is -0.456 e. The molecule has 0 aliphatic heterocycles. The smallest absolute Gasteiger partial charge is 0.166 e. The average molecular weight is 747 g/mol. The summed E-state index contributed by atoms with van der Waals surface area (Å²) in [6, 6.07) is 63.7. The van der Waals surface area contributed by atoms with E-state index in [4.69, 9.17) is 19.4 Å². The van der Waals surface area contributed by atoms with Crippen molar-refractivity contribution >= 4 is 75.3 Å². The first-order valence-corrected chi connectivity index (χ1v) is 19.8. The topological polar surface area (TPSA) is 56.7 Å². The van der Waals surface area contributed by atoms with E-state index in [1.807, 2.05) is 47.7 Å². The van der Waals surface area contributed by atoms with Crippen LogP contribution in [0, 0.1) is 0 Å². The molecule has 0 atom stereocenters. The third kappa shape index (κ3) is 5.04. The van der Waals surface area contributed by atoms with E-state index in [-0.39, 0.29) is 0 Å². The standard InChI is InChI=1S/C51H30N4OS/c1-3-13-31(14-4-1)49-52-50(54-51(53-49)42-22-12-20-40-36-17-7-9-23-43(36)55(47(40)42)34-15-5-2-6-16-34)33-26-28-38-37-27-25-32(29-44(37)56-45(38)30-33)35-19-11-21-41-39-18-8-10-24-46(39)57-48(35)41/h1-30H. The zero-order chi connectivity index (χ0) is 37.5. The Morgan fingerprint density at radius 2 is 1.00 bits per heavy atom. The van der Waals surface area contributed by atoms with E-state index in [0.29, 0.717) is 17.5 Å². The molecule has 4 heterocycles. The lowest BCUT2D eigenvalue weighted by atomic mass is 10.0. The first-order chi connectivity index (χ1) is 28.2. The minimum absolute atomic E-state index is 0.581. The number of hydrogen-bond acceptors (Lipinski definition) is 5. The quantitative estimate of drug-likeness (QED) is 0.176. The predicted molar refractivity (Wildman–Crippen MR) is 236 cm³/mol. The molecule has 12 aromatic rings. The molecule has 0 bridgehead atoms. The molecule has 0 saturated heterocycles. The van der Waals surface area contributed by atoms with Gasteiger partial charge >= 0.3 is 0 Å². The first-order valence-electron chi connectivity index (χ1n) is 19.0. The molecule has 8 aromatic carbocycles. The number of nitrogens with zero attached hydrogens (tertiary/aromatic N) is 4. The fourth-order valence-electron chi connectivity index (χ4n) is 8.44. The molecule has 0 spiro atoms. The molecule has 0 saturated carbocycles. The summed E-state index contributed by atoms with van der Waals surface area (Å²) in [5.41, 5.74) is 9.94. The monoisotopic (exact) mass is 746 g/mol. The Bertz CT molecular complexity index is 3530. The summed E-state index contributed by atoms with van der Waals surface area (Å²) in [5.74, 6) is 1.80. The summed E-state index contributed by atoms with van der Waals surface area (Å²) in [6.45, 7) is 0. The second-order valence-corrected chi connectivity index (χ2v) is 15.4. The highest BCUT2D eigenvalue weighted by atomic mass is 32.1. The molecule has 0 fully saturated rings. The van der Waals surface area contributed by atoms with Crippen molar-refractivity contribution in [2.24, 2.45) is 0 Å². The van der Waals surface area contributed by atoms with Crippen molar-refractivity contribution in [2.75, 3.05) is 0 Å². The van der Waals surface area contributed by atoms with Crippen molar-refractivity contribution in [3.05, 3.63) is 182 Å². The lowest BCUT2D eigenvalue weighted by Crippen LogP contribution is -2.02. The Kier molecular flexibility index (Phi) is 7.03. The van der Waals surface area contributed by atoms with Crippen LogP contribution in [-0.2, 0) is 0 Å². The highest BCUT2D eigenvalue weighted by Gasteiger charge is 2.21. The van der Waals surface area contributed by atoms with Crippen LogP contribution in [0.3, 0.4) is 0 Å². The predicted octanol–water partition coefficient (Wildman–Crippen LogP) is 13.9.